The minimum absolute atomic E-state index is 0.0825. The fraction of sp³-hybridized carbons (Fsp3) is 0.423. The topological polar surface area (TPSA) is 79.4 Å². The van der Waals surface area contributed by atoms with Gasteiger partial charge in [0.2, 0.25) is 5.95 Å². The van der Waals surface area contributed by atoms with Gasteiger partial charge in [0, 0.05) is 54.1 Å². The van der Waals surface area contributed by atoms with Crippen molar-refractivity contribution in [3.05, 3.63) is 54.2 Å². The molecule has 0 atom stereocenters. The zero-order valence-corrected chi connectivity index (χ0v) is 19.8. The summed E-state index contributed by atoms with van der Waals surface area (Å²) in [5.74, 6) is 1.26. The van der Waals surface area contributed by atoms with E-state index in [1.165, 1.54) is 0 Å². The number of anilines is 2. The number of hydrogen-bond donors (Lipinski definition) is 2. The number of likely N-dealkylation sites (tertiary alicyclic amines) is 1. The highest BCUT2D eigenvalue weighted by Gasteiger charge is 2.22. The molecule has 174 valence electrons. The predicted molar refractivity (Wildman–Crippen MR) is 132 cm³/mol. The van der Waals surface area contributed by atoms with Crippen molar-refractivity contribution in [1.82, 2.24) is 20.2 Å². The van der Waals surface area contributed by atoms with Gasteiger partial charge in [-0.25, -0.2) is 9.97 Å². The van der Waals surface area contributed by atoms with E-state index in [0.717, 1.165) is 48.3 Å². The second-order valence-corrected chi connectivity index (χ2v) is 9.19. The maximum absolute atomic E-state index is 12.1. The molecule has 7 nitrogen and oxygen atoms in total. The fourth-order valence-electron chi connectivity index (χ4n) is 4.02. The van der Waals surface area contributed by atoms with Crippen LogP contribution in [0.15, 0.2) is 48.7 Å². The van der Waals surface area contributed by atoms with E-state index in [0.29, 0.717) is 17.6 Å². The molecule has 0 radical (unpaired) electrons. The van der Waals surface area contributed by atoms with Gasteiger partial charge in [-0.15, -0.1) is 0 Å². The molecule has 2 aromatic carbocycles. The van der Waals surface area contributed by atoms with E-state index >= 15 is 0 Å². The molecule has 0 bridgehead atoms. The molecule has 1 aliphatic rings. The molecule has 1 aliphatic heterocycles. The first-order valence-corrected chi connectivity index (χ1v) is 11.7. The fourth-order valence-corrected chi connectivity index (χ4v) is 4.02. The molecule has 2 N–H and O–H groups in total. The Kier molecular flexibility index (Phi) is 7.08. The van der Waals surface area contributed by atoms with Crippen LogP contribution in [0.5, 0.6) is 5.75 Å². The Bertz CT molecular complexity index is 1090. The number of carbonyl (C=O) groups excluding carboxylic acids is 1. The van der Waals surface area contributed by atoms with Gasteiger partial charge >= 0.3 is 0 Å². The molecule has 2 heterocycles. The third-order valence-corrected chi connectivity index (χ3v) is 5.89. The summed E-state index contributed by atoms with van der Waals surface area (Å²) in [6.07, 6.45) is 4.12. The van der Waals surface area contributed by atoms with Crippen LogP contribution >= 0.6 is 0 Å². The number of fused-ring (bicyclic) bond motifs is 1. The SMILES string of the molecule is CC(C)NC(=O)c1ccc(Nc2ncc3ccc(OC4CCN(C(C)C)CC4)cc3n2)cc1. The molecule has 1 aromatic heterocycles. The quantitative estimate of drug-likeness (QED) is 0.543. The van der Waals surface area contributed by atoms with E-state index < -0.39 is 0 Å². The third kappa shape index (κ3) is 5.99. The molecule has 3 aromatic rings. The molecule has 1 fully saturated rings. The molecule has 1 amide bonds. The normalized spacial score (nSPS) is 15.2. The number of aromatic nitrogens is 2. The summed E-state index contributed by atoms with van der Waals surface area (Å²) < 4.78 is 6.27. The van der Waals surface area contributed by atoms with Gasteiger partial charge in [-0.05, 0) is 76.9 Å². The van der Waals surface area contributed by atoms with Crippen molar-refractivity contribution in [1.29, 1.82) is 0 Å². The number of rotatable bonds is 7. The van der Waals surface area contributed by atoms with Crippen molar-refractivity contribution < 1.29 is 9.53 Å². The number of benzene rings is 2. The Hall–Kier alpha value is -3.19. The monoisotopic (exact) mass is 447 g/mol. The average molecular weight is 448 g/mol. The first-order chi connectivity index (χ1) is 15.9. The summed E-state index contributed by atoms with van der Waals surface area (Å²) >= 11 is 0. The maximum atomic E-state index is 12.1. The summed E-state index contributed by atoms with van der Waals surface area (Å²) in [7, 11) is 0. The minimum Gasteiger partial charge on any atom is -0.490 e. The molecule has 4 rings (SSSR count). The lowest BCUT2D eigenvalue weighted by Crippen LogP contribution is -2.41. The van der Waals surface area contributed by atoms with E-state index in [9.17, 15) is 4.79 Å². The zero-order valence-electron chi connectivity index (χ0n) is 19.8. The van der Waals surface area contributed by atoms with Gasteiger partial charge in [0.25, 0.3) is 5.91 Å². The number of amides is 1. The van der Waals surface area contributed by atoms with E-state index in [1.807, 2.05) is 44.2 Å². The molecule has 7 heteroatoms. The number of hydrogen-bond acceptors (Lipinski definition) is 6. The number of nitrogens with one attached hydrogen (secondary N) is 2. The summed E-state index contributed by atoms with van der Waals surface area (Å²) in [5, 5.41) is 7.07. The van der Waals surface area contributed by atoms with Crippen LogP contribution in [-0.4, -0.2) is 52.1 Å². The van der Waals surface area contributed by atoms with Crippen molar-refractivity contribution in [2.75, 3.05) is 18.4 Å². The number of nitrogens with zero attached hydrogens (tertiary/aromatic N) is 3. The lowest BCUT2D eigenvalue weighted by atomic mass is 10.1. The van der Waals surface area contributed by atoms with Crippen LogP contribution in [-0.2, 0) is 0 Å². The molecule has 33 heavy (non-hydrogen) atoms. The van der Waals surface area contributed by atoms with Crippen LogP contribution in [0.4, 0.5) is 11.6 Å². The second-order valence-electron chi connectivity index (χ2n) is 9.19. The second kappa shape index (κ2) is 10.2. The van der Waals surface area contributed by atoms with Crippen LogP contribution in [0.2, 0.25) is 0 Å². The lowest BCUT2D eigenvalue weighted by Gasteiger charge is -2.34. The predicted octanol–water partition coefficient (Wildman–Crippen LogP) is 4.76. The van der Waals surface area contributed by atoms with Crippen molar-refractivity contribution in [2.24, 2.45) is 0 Å². The molecule has 0 unspecified atom stereocenters. The summed E-state index contributed by atoms with van der Waals surface area (Å²) in [4.78, 5) is 23.7. The highest BCUT2D eigenvalue weighted by Crippen LogP contribution is 2.25. The highest BCUT2D eigenvalue weighted by atomic mass is 16.5. The van der Waals surface area contributed by atoms with Crippen molar-refractivity contribution >= 4 is 28.4 Å². The standard InChI is InChI=1S/C26H33N5O2/c1-17(2)28-25(32)19-5-8-21(9-6-19)29-26-27-16-20-7-10-23(15-24(20)30-26)33-22-11-13-31(14-12-22)18(3)4/h5-10,15-18,22H,11-14H2,1-4H3,(H,28,32)(H,27,29,30). The average Bonchev–Trinajstić information content (AvgIpc) is 2.79. The number of carbonyl (C=O) groups is 1. The third-order valence-electron chi connectivity index (χ3n) is 5.89. The Balaban J connectivity index is 1.42. The van der Waals surface area contributed by atoms with Crippen LogP contribution in [0.1, 0.15) is 50.9 Å². The van der Waals surface area contributed by atoms with Crippen molar-refractivity contribution in [2.45, 2.75) is 58.7 Å². The minimum atomic E-state index is -0.0825. The molecule has 0 aliphatic carbocycles. The largest absolute Gasteiger partial charge is 0.490 e. The zero-order chi connectivity index (χ0) is 23.4. The van der Waals surface area contributed by atoms with Crippen molar-refractivity contribution in [3.63, 3.8) is 0 Å². The van der Waals surface area contributed by atoms with E-state index in [4.69, 9.17) is 4.74 Å². The Morgan fingerprint density at radius 2 is 1.79 bits per heavy atom. The first-order valence-electron chi connectivity index (χ1n) is 11.7. The first kappa shape index (κ1) is 23.0. The Labute approximate surface area is 195 Å². The van der Waals surface area contributed by atoms with Crippen LogP contribution < -0.4 is 15.4 Å². The smallest absolute Gasteiger partial charge is 0.251 e. The molecule has 0 saturated carbocycles. The molecular weight excluding hydrogens is 414 g/mol. The van der Waals surface area contributed by atoms with Gasteiger partial charge in [-0.3, -0.25) is 4.79 Å². The lowest BCUT2D eigenvalue weighted by molar-refractivity contribution is 0.0844. The summed E-state index contributed by atoms with van der Waals surface area (Å²) in [6.45, 7) is 10.5. The van der Waals surface area contributed by atoms with E-state index in [1.54, 1.807) is 18.3 Å². The molecular formula is C26H33N5O2. The van der Waals surface area contributed by atoms with Gasteiger partial charge in [0.05, 0.1) is 5.52 Å². The number of ether oxygens (including phenoxy) is 1. The van der Waals surface area contributed by atoms with Gasteiger partial charge in [0.15, 0.2) is 0 Å². The van der Waals surface area contributed by atoms with Crippen molar-refractivity contribution in [3.8, 4) is 5.75 Å². The maximum Gasteiger partial charge on any atom is 0.251 e. The Morgan fingerprint density at radius 1 is 1.06 bits per heavy atom. The van der Waals surface area contributed by atoms with Gasteiger partial charge < -0.3 is 20.3 Å². The highest BCUT2D eigenvalue weighted by molar-refractivity contribution is 5.94. The van der Waals surface area contributed by atoms with Gasteiger partial charge in [-0.1, -0.05) is 0 Å². The molecule has 1 saturated heterocycles. The summed E-state index contributed by atoms with van der Waals surface area (Å²) in [5.41, 5.74) is 2.27. The molecule has 0 spiro atoms. The van der Waals surface area contributed by atoms with Gasteiger partial charge in [0.1, 0.15) is 11.9 Å². The van der Waals surface area contributed by atoms with Crippen LogP contribution in [0.25, 0.3) is 10.9 Å². The van der Waals surface area contributed by atoms with Gasteiger partial charge in [-0.2, -0.15) is 0 Å². The summed E-state index contributed by atoms with van der Waals surface area (Å²) in [6, 6.07) is 13.9. The van der Waals surface area contributed by atoms with Crippen LogP contribution in [0, 0.1) is 0 Å². The number of piperidine rings is 1. The van der Waals surface area contributed by atoms with Crippen LogP contribution in [0.3, 0.4) is 0 Å². The Morgan fingerprint density at radius 3 is 2.45 bits per heavy atom. The van der Waals surface area contributed by atoms with E-state index in [-0.39, 0.29) is 18.1 Å². The van der Waals surface area contributed by atoms with E-state index in [2.05, 4.69) is 39.3 Å².